The fraction of sp³-hybridized carbons (Fsp3) is 0.767. The van der Waals surface area contributed by atoms with Gasteiger partial charge in [0.05, 0.1) is 5.39 Å². The van der Waals surface area contributed by atoms with Crippen LogP contribution in [0.25, 0.3) is 10.2 Å². The van der Waals surface area contributed by atoms with Gasteiger partial charge in [-0.2, -0.15) is 0 Å². The third kappa shape index (κ3) is 6.96. The molecule has 39 heavy (non-hydrogen) atoms. The van der Waals surface area contributed by atoms with Crippen molar-refractivity contribution in [3.8, 4) is 5.88 Å². The van der Waals surface area contributed by atoms with Crippen LogP contribution in [0, 0.1) is 0 Å². The molecule has 0 unspecified atom stereocenters. The lowest BCUT2D eigenvalue weighted by Gasteiger charge is -2.37. The molecule has 0 N–H and O–H groups in total. The normalized spacial score (nSPS) is 22.1. The maximum Gasteiger partial charge on any atom is 0.410 e. The summed E-state index contributed by atoms with van der Waals surface area (Å²) in [5.41, 5.74) is 0.916. The van der Waals surface area contributed by atoms with Crippen molar-refractivity contribution in [3.05, 3.63) is 16.8 Å². The topological polar surface area (TPSA) is 73.8 Å². The molecule has 7 nitrogen and oxygen atoms in total. The fourth-order valence-electron chi connectivity index (χ4n) is 5.58. The number of carbonyl (C=O) groups excluding carboxylic acids is 1. The summed E-state index contributed by atoms with van der Waals surface area (Å²) in [5, 5.41) is 1.34. The Hall–Kier alpha value is -1.71. The highest BCUT2D eigenvalue weighted by Gasteiger charge is 2.38. The van der Waals surface area contributed by atoms with Crippen LogP contribution >= 0.6 is 11.3 Å². The lowest BCUT2D eigenvalue weighted by Crippen LogP contribution is -2.45. The Balaban J connectivity index is 1.42. The maximum atomic E-state index is 12.7. The van der Waals surface area contributed by atoms with Crippen LogP contribution in [-0.2, 0) is 15.6 Å². The Morgan fingerprint density at radius 1 is 1.08 bits per heavy atom. The molecular formula is C30H49N3O4SSi. The van der Waals surface area contributed by atoms with E-state index in [1.54, 1.807) is 17.7 Å². The van der Waals surface area contributed by atoms with E-state index in [4.69, 9.17) is 13.9 Å². The fourth-order valence-corrected chi connectivity index (χ4v) is 7.87. The number of hydrogen-bond donors (Lipinski definition) is 0. The minimum absolute atomic E-state index is 0.0917. The summed E-state index contributed by atoms with van der Waals surface area (Å²) in [7, 11) is -1.76. The molecule has 4 rings (SSSR count). The minimum atomic E-state index is -1.76. The van der Waals surface area contributed by atoms with Gasteiger partial charge in [-0.15, -0.1) is 11.3 Å². The predicted molar refractivity (Wildman–Crippen MR) is 162 cm³/mol. The molecule has 0 aromatic carbocycles. The van der Waals surface area contributed by atoms with E-state index in [0.717, 1.165) is 67.6 Å². The average Bonchev–Trinajstić information content (AvgIpc) is 3.38. The van der Waals surface area contributed by atoms with E-state index in [1.807, 2.05) is 32.6 Å². The lowest BCUT2D eigenvalue weighted by atomic mass is 9.92. The van der Waals surface area contributed by atoms with Crippen LogP contribution < -0.4 is 4.74 Å². The number of rotatable bonds is 8. The molecule has 2 heterocycles. The van der Waals surface area contributed by atoms with Crippen molar-refractivity contribution in [2.24, 2.45) is 0 Å². The summed E-state index contributed by atoms with van der Waals surface area (Å²) in [6.07, 6.45) is 8.41. The lowest BCUT2D eigenvalue weighted by molar-refractivity contribution is 0.00812. The highest BCUT2D eigenvalue weighted by Crippen LogP contribution is 2.48. The van der Waals surface area contributed by atoms with Crippen LogP contribution in [0.4, 0.5) is 4.79 Å². The first-order chi connectivity index (χ1) is 18.2. The van der Waals surface area contributed by atoms with E-state index >= 15 is 0 Å². The van der Waals surface area contributed by atoms with Crippen LogP contribution in [0.1, 0.15) is 103 Å². The summed E-state index contributed by atoms with van der Waals surface area (Å²) in [6.45, 7) is 20.8. The number of hydrogen-bond acceptors (Lipinski definition) is 7. The Bertz CT molecular complexity index is 1150. The van der Waals surface area contributed by atoms with Crippen molar-refractivity contribution in [1.82, 2.24) is 14.9 Å². The largest absolute Gasteiger partial charge is 0.474 e. The quantitative estimate of drug-likeness (QED) is 0.296. The number of aryl methyl sites for hydroxylation is 1. The van der Waals surface area contributed by atoms with Gasteiger partial charge in [0, 0.05) is 24.1 Å². The molecule has 1 fully saturated rings. The summed E-state index contributed by atoms with van der Waals surface area (Å²) < 4.78 is 18.8. The van der Waals surface area contributed by atoms with Gasteiger partial charge < -0.3 is 18.8 Å². The Morgan fingerprint density at radius 2 is 1.77 bits per heavy atom. The number of ether oxygens (including phenoxy) is 2. The van der Waals surface area contributed by atoms with Crippen molar-refractivity contribution in [1.29, 1.82) is 0 Å². The smallest absolute Gasteiger partial charge is 0.410 e. The first-order valence-electron chi connectivity index (χ1n) is 14.8. The predicted octanol–water partition coefficient (Wildman–Crippen LogP) is 8.08. The molecular weight excluding hydrogens is 527 g/mol. The molecule has 2 aromatic rings. The van der Waals surface area contributed by atoms with E-state index in [0.29, 0.717) is 12.5 Å². The van der Waals surface area contributed by atoms with Gasteiger partial charge in [0.2, 0.25) is 5.88 Å². The molecule has 0 radical (unpaired) electrons. The van der Waals surface area contributed by atoms with Crippen LogP contribution in [0.3, 0.4) is 0 Å². The van der Waals surface area contributed by atoms with E-state index in [-0.39, 0.29) is 23.3 Å². The molecule has 2 aromatic heterocycles. The third-order valence-corrected chi connectivity index (χ3v) is 14.5. The Morgan fingerprint density at radius 3 is 2.38 bits per heavy atom. The summed E-state index contributed by atoms with van der Waals surface area (Å²) >= 11 is 1.80. The number of aromatic nitrogens is 2. The van der Waals surface area contributed by atoms with Crippen molar-refractivity contribution in [2.75, 3.05) is 13.2 Å². The molecule has 0 saturated heterocycles. The SMILES string of the molecule is CCN(C(=O)OC(C)(C)C)[C@H]1CC[C@H](Oc2ncnc3sc4c(c23)[C@@H](CCO[Si](C)(C)C(C)(C)C)CC4)CC1. The van der Waals surface area contributed by atoms with Gasteiger partial charge in [-0.05, 0) is 102 Å². The molecule has 1 amide bonds. The van der Waals surface area contributed by atoms with E-state index in [2.05, 4.69) is 43.8 Å². The zero-order valence-electron chi connectivity index (χ0n) is 25.6. The Labute approximate surface area is 240 Å². The molecule has 9 heteroatoms. The van der Waals surface area contributed by atoms with Gasteiger partial charge in [-0.3, -0.25) is 0 Å². The second-order valence-electron chi connectivity index (χ2n) is 13.7. The second kappa shape index (κ2) is 11.6. The molecule has 1 atom stereocenters. The molecule has 0 aliphatic heterocycles. The molecule has 2 aliphatic rings. The number of amides is 1. The van der Waals surface area contributed by atoms with E-state index < -0.39 is 13.9 Å². The Kier molecular flexibility index (Phi) is 9.03. The van der Waals surface area contributed by atoms with Gasteiger partial charge in [0.15, 0.2) is 8.32 Å². The van der Waals surface area contributed by atoms with Gasteiger partial charge in [-0.1, -0.05) is 20.8 Å². The van der Waals surface area contributed by atoms with E-state index in [9.17, 15) is 4.79 Å². The molecule has 218 valence electrons. The summed E-state index contributed by atoms with van der Waals surface area (Å²) in [5.74, 6) is 1.20. The second-order valence-corrected chi connectivity index (χ2v) is 19.6. The molecule has 1 saturated carbocycles. The van der Waals surface area contributed by atoms with Gasteiger partial charge in [0.1, 0.15) is 22.9 Å². The summed E-state index contributed by atoms with van der Waals surface area (Å²) in [6, 6.07) is 0.186. The van der Waals surface area contributed by atoms with Crippen LogP contribution in [0.5, 0.6) is 5.88 Å². The average molecular weight is 576 g/mol. The number of carbonyl (C=O) groups is 1. The van der Waals surface area contributed by atoms with Crippen molar-refractivity contribution in [3.63, 3.8) is 0 Å². The van der Waals surface area contributed by atoms with Crippen molar-refractivity contribution in [2.45, 2.75) is 135 Å². The highest BCUT2D eigenvalue weighted by atomic mass is 32.1. The van der Waals surface area contributed by atoms with Crippen molar-refractivity contribution >= 4 is 36.0 Å². The monoisotopic (exact) mass is 575 g/mol. The maximum absolute atomic E-state index is 12.7. The number of fused-ring (bicyclic) bond motifs is 3. The minimum Gasteiger partial charge on any atom is -0.474 e. The van der Waals surface area contributed by atoms with Gasteiger partial charge >= 0.3 is 6.09 Å². The van der Waals surface area contributed by atoms with Crippen LogP contribution in [0.15, 0.2) is 6.33 Å². The van der Waals surface area contributed by atoms with Crippen LogP contribution in [0.2, 0.25) is 18.1 Å². The molecule has 0 spiro atoms. The van der Waals surface area contributed by atoms with E-state index in [1.165, 1.54) is 10.4 Å². The van der Waals surface area contributed by atoms with Gasteiger partial charge in [0.25, 0.3) is 0 Å². The van der Waals surface area contributed by atoms with Gasteiger partial charge in [-0.25, -0.2) is 14.8 Å². The summed E-state index contributed by atoms with van der Waals surface area (Å²) in [4.78, 5) is 26.4. The highest BCUT2D eigenvalue weighted by molar-refractivity contribution is 7.19. The number of nitrogens with zero attached hydrogens (tertiary/aromatic N) is 3. The van der Waals surface area contributed by atoms with Crippen LogP contribution in [-0.4, -0.2) is 60.2 Å². The molecule has 0 bridgehead atoms. The first-order valence-corrected chi connectivity index (χ1v) is 18.5. The first kappa shape index (κ1) is 30.3. The molecule has 2 aliphatic carbocycles. The zero-order chi connectivity index (χ0) is 28.6. The standard InChI is InChI=1S/C30H49N3O4SSi/c1-10-33(28(34)37-29(2,3)4)21-12-14-22(15-13-21)36-26-25-24-20(17-18-35-39(8,9)30(5,6)7)11-16-23(24)38-27(25)32-19-31-26/h19-22H,10-18H2,1-9H3/t20-,21-,22-/m1/s1. The van der Waals surface area contributed by atoms with Crippen molar-refractivity contribution < 1.29 is 18.7 Å². The third-order valence-electron chi connectivity index (χ3n) is 8.76. The zero-order valence-corrected chi connectivity index (χ0v) is 27.4. The number of thiophene rings is 1.